The lowest BCUT2D eigenvalue weighted by molar-refractivity contribution is -0.0828. The molecule has 1 aliphatic carbocycles. The van der Waals surface area contributed by atoms with Crippen molar-refractivity contribution in [3.8, 4) is 0 Å². The van der Waals surface area contributed by atoms with Crippen LogP contribution in [0.15, 0.2) is 27.8 Å². The number of methoxy groups -OCH3 is 1. The highest BCUT2D eigenvalue weighted by atomic mass is 16.5. The van der Waals surface area contributed by atoms with Crippen molar-refractivity contribution in [2.45, 2.75) is 63.0 Å². The molecule has 26 heavy (non-hydrogen) atoms. The van der Waals surface area contributed by atoms with Crippen LogP contribution in [-0.4, -0.2) is 51.0 Å². The van der Waals surface area contributed by atoms with E-state index in [0.717, 1.165) is 50.7 Å². The van der Waals surface area contributed by atoms with E-state index in [-0.39, 0.29) is 5.60 Å². The van der Waals surface area contributed by atoms with Crippen LogP contribution in [0.25, 0.3) is 0 Å². The molecular formula is C20H33N3O3. The normalized spacial score (nSPS) is 21.5. The first-order valence-corrected chi connectivity index (χ1v) is 10.00. The van der Waals surface area contributed by atoms with Gasteiger partial charge in [0.2, 0.25) is 0 Å². The predicted octanol–water partition coefficient (Wildman–Crippen LogP) is 2.89. The van der Waals surface area contributed by atoms with E-state index in [1.54, 1.807) is 13.4 Å². The molecule has 1 aromatic heterocycles. The molecule has 0 bridgehead atoms. The molecule has 0 spiro atoms. The van der Waals surface area contributed by atoms with Crippen LogP contribution in [-0.2, 0) is 15.9 Å². The number of hydrogen-bond donors (Lipinski definition) is 2. The third-order valence-electron chi connectivity index (χ3n) is 5.55. The Hall–Kier alpha value is -1.53. The van der Waals surface area contributed by atoms with E-state index < -0.39 is 0 Å². The summed E-state index contributed by atoms with van der Waals surface area (Å²) in [4.78, 5) is 4.89. The van der Waals surface area contributed by atoms with Crippen molar-refractivity contribution in [2.75, 3.05) is 33.4 Å². The molecule has 0 radical (unpaired) electrons. The molecule has 0 aromatic carbocycles. The zero-order valence-electron chi connectivity index (χ0n) is 16.0. The number of nitrogens with one attached hydrogen (secondary N) is 2. The van der Waals surface area contributed by atoms with Crippen LogP contribution in [0.5, 0.6) is 0 Å². The van der Waals surface area contributed by atoms with Crippen LogP contribution in [0.4, 0.5) is 0 Å². The van der Waals surface area contributed by atoms with Crippen LogP contribution in [0.1, 0.15) is 50.7 Å². The van der Waals surface area contributed by atoms with Gasteiger partial charge in [0.05, 0.1) is 18.4 Å². The van der Waals surface area contributed by atoms with Crippen molar-refractivity contribution >= 4 is 5.96 Å². The number of ether oxygens (including phenoxy) is 2. The Balaban J connectivity index is 1.58. The number of aliphatic imine (C=N–C) groups is 1. The highest BCUT2D eigenvalue weighted by Crippen LogP contribution is 2.25. The van der Waals surface area contributed by atoms with Gasteiger partial charge in [0.1, 0.15) is 5.76 Å². The maximum Gasteiger partial charge on any atom is 0.191 e. The highest BCUT2D eigenvalue weighted by molar-refractivity contribution is 5.80. The van der Waals surface area contributed by atoms with Gasteiger partial charge < -0.3 is 24.5 Å². The Morgan fingerprint density at radius 1 is 1.27 bits per heavy atom. The predicted molar refractivity (Wildman–Crippen MR) is 103 cm³/mol. The minimum Gasteiger partial charge on any atom is -0.469 e. The third-order valence-corrected chi connectivity index (χ3v) is 5.55. The molecule has 146 valence electrons. The SMILES string of the molecule is COC1(CN=C(NCCc2ccco2)NC2CCCCC2)CCOCC1. The van der Waals surface area contributed by atoms with E-state index in [4.69, 9.17) is 18.9 Å². The Morgan fingerprint density at radius 2 is 2.08 bits per heavy atom. The molecule has 6 heteroatoms. The fourth-order valence-electron chi connectivity index (χ4n) is 3.75. The van der Waals surface area contributed by atoms with E-state index in [1.165, 1.54) is 32.1 Å². The first kappa shape index (κ1) is 19.2. The molecule has 0 atom stereocenters. The van der Waals surface area contributed by atoms with Gasteiger partial charge in [-0.2, -0.15) is 0 Å². The molecule has 1 saturated carbocycles. The Kier molecular flexibility index (Phi) is 7.38. The van der Waals surface area contributed by atoms with Gasteiger partial charge in [0.25, 0.3) is 0 Å². The fraction of sp³-hybridized carbons (Fsp3) is 0.750. The Morgan fingerprint density at radius 3 is 2.77 bits per heavy atom. The molecule has 2 fully saturated rings. The lowest BCUT2D eigenvalue weighted by atomic mass is 9.94. The zero-order chi connectivity index (χ0) is 18.1. The standard InChI is InChI=1S/C20H33N3O3/c1-24-20(10-14-25-15-11-20)16-22-19(23-17-6-3-2-4-7-17)21-12-9-18-8-5-13-26-18/h5,8,13,17H,2-4,6-7,9-12,14-16H2,1H3,(H2,21,22,23). The monoisotopic (exact) mass is 363 g/mol. The van der Waals surface area contributed by atoms with E-state index in [1.807, 2.05) is 12.1 Å². The molecule has 3 rings (SSSR count). The topological polar surface area (TPSA) is 68.0 Å². The largest absolute Gasteiger partial charge is 0.469 e. The van der Waals surface area contributed by atoms with Gasteiger partial charge >= 0.3 is 0 Å². The summed E-state index contributed by atoms with van der Waals surface area (Å²) in [5.74, 6) is 1.89. The van der Waals surface area contributed by atoms with Gasteiger partial charge in [-0.3, -0.25) is 4.99 Å². The van der Waals surface area contributed by atoms with Gasteiger partial charge in [-0.1, -0.05) is 19.3 Å². The third kappa shape index (κ3) is 5.74. The molecule has 1 saturated heterocycles. The molecule has 1 aliphatic heterocycles. The Bertz CT molecular complexity index is 533. The molecular weight excluding hydrogens is 330 g/mol. The van der Waals surface area contributed by atoms with Crippen LogP contribution in [0.3, 0.4) is 0 Å². The van der Waals surface area contributed by atoms with Crippen LogP contribution in [0, 0.1) is 0 Å². The molecule has 6 nitrogen and oxygen atoms in total. The van der Waals surface area contributed by atoms with Gasteiger partial charge in [0.15, 0.2) is 5.96 Å². The summed E-state index contributed by atoms with van der Waals surface area (Å²) < 4.78 is 16.7. The van der Waals surface area contributed by atoms with Crippen LogP contribution >= 0.6 is 0 Å². The Labute approximate surface area is 156 Å². The van der Waals surface area contributed by atoms with Crippen molar-refractivity contribution in [3.05, 3.63) is 24.2 Å². The molecule has 0 amide bonds. The first-order valence-electron chi connectivity index (χ1n) is 10.00. The molecule has 1 aromatic rings. The van der Waals surface area contributed by atoms with Crippen molar-refractivity contribution in [3.63, 3.8) is 0 Å². The number of hydrogen-bond acceptors (Lipinski definition) is 4. The smallest absolute Gasteiger partial charge is 0.191 e. The van der Waals surface area contributed by atoms with Gasteiger partial charge in [-0.25, -0.2) is 0 Å². The number of furan rings is 1. The van der Waals surface area contributed by atoms with Crippen molar-refractivity contribution < 1.29 is 13.9 Å². The summed E-state index contributed by atoms with van der Waals surface area (Å²) in [6.07, 6.45) is 10.8. The second-order valence-electron chi connectivity index (χ2n) is 7.40. The average molecular weight is 364 g/mol. The van der Waals surface area contributed by atoms with Crippen molar-refractivity contribution in [2.24, 2.45) is 4.99 Å². The molecule has 2 N–H and O–H groups in total. The fourth-order valence-corrected chi connectivity index (χ4v) is 3.75. The lowest BCUT2D eigenvalue weighted by Crippen LogP contribution is -2.47. The van der Waals surface area contributed by atoms with E-state index in [0.29, 0.717) is 12.6 Å². The van der Waals surface area contributed by atoms with Crippen molar-refractivity contribution in [1.82, 2.24) is 10.6 Å². The van der Waals surface area contributed by atoms with Gasteiger partial charge in [-0.05, 0) is 25.0 Å². The van der Waals surface area contributed by atoms with Gasteiger partial charge in [0, 0.05) is 52.2 Å². The minimum absolute atomic E-state index is 0.194. The zero-order valence-corrected chi connectivity index (χ0v) is 16.0. The quantitative estimate of drug-likeness (QED) is 0.576. The molecule has 2 heterocycles. The second-order valence-corrected chi connectivity index (χ2v) is 7.40. The minimum atomic E-state index is -0.194. The number of nitrogens with zero attached hydrogens (tertiary/aromatic N) is 1. The van der Waals surface area contributed by atoms with E-state index in [9.17, 15) is 0 Å². The lowest BCUT2D eigenvalue weighted by Gasteiger charge is -2.35. The summed E-state index contributed by atoms with van der Waals surface area (Å²) in [6, 6.07) is 4.46. The number of rotatable bonds is 7. The van der Waals surface area contributed by atoms with E-state index >= 15 is 0 Å². The van der Waals surface area contributed by atoms with E-state index in [2.05, 4.69) is 10.6 Å². The highest BCUT2D eigenvalue weighted by Gasteiger charge is 2.32. The number of guanidine groups is 1. The average Bonchev–Trinajstić information content (AvgIpc) is 3.21. The van der Waals surface area contributed by atoms with Crippen LogP contribution in [0.2, 0.25) is 0 Å². The summed E-state index contributed by atoms with van der Waals surface area (Å²) in [6.45, 7) is 2.96. The van der Waals surface area contributed by atoms with Crippen LogP contribution < -0.4 is 10.6 Å². The summed E-state index contributed by atoms with van der Waals surface area (Å²) in [5.41, 5.74) is -0.194. The summed E-state index contributed by atoms with van der Waals surface area (Å²) in [5, 5.41) is 7.12. The summed E-state index contributed by atoms with van der Waals surface area (Å²) >= 11 is 0. The first-order chi connectivity index (χ1) is 12.8. The maximum absolute atomic E-state index is 5.82. The second kappa shape index (κ2) is 9.97. The van der Waals surface area contributed by atoms with Crippen molar-refractivity contribution in [1.29, 1.82) is 0 Å². The molecule has 2 aliphatic rings. The molecule has 0 unspecified atom stereocenters. The summed E-state index contributed by atoms with van der Waals surface area (Å²) in [7, 11) is 1.79. The van der Waals surface area contributed by atoms with Gasteiger partial charge in [-0.15, -0.1) is 0 Å². The maximum atomic E-state index is 5.82.